The first-order chi connectivity index (χ1) is 51.8. The number of hydrogen-bond acceptors (Lipinski definition) is 12. The molecular formula is C101H150F6N2O9S. The number of alkyl halides is 3. The fraction of sp³-hybridized carbons (Fsp3) is 0.426. The van der Waals surface area contributed by atoms with Gasteiger partial charge in [-0.05, 0) is 151 Å². The van der Waals surface area contributed by atoms with Gasteiger partial charge in [0.15, 0.2) is 34.7 Å². The molecule has 666 valence electrons. The van der Waals surface area contributed by atoms with Gasteiger partial charge in [0.25, 0.3) is 0 Å². The van der Waals surface area contributed by atoms with Gasteiger partial charge >= 0.3 is 6.18 Å². The van der Waals surface area contributed by atoms with Crippen molar-refractivity contribution in [3.8, 4) is 5.75 Å². The SMILES string of the molecule is C.C.C.C.C.C.C.C.C.CC(C)C(=O)c1ccccc1F.CC(C)C(=O)c1ccccn1.CC(C)C(=O)c1cccnc1.CC(C)Cc1ccc(C(F)(F)F)cc1.CC(C)Cc1ccc(F)cc1.CC(C)Cc1ccccc1F.COOSc1ccccc1C(=O)C(C)C.COc1ccccc1C(=O)C(C)C.Cc1ccccc1C(=O)C(C)C. The molecule has 0 aliphatic carbocycles. The Bertz CT molecular complexity index is 4010. The van der Waals surface area contributed by atoms with E-state index >= 15 is 0 Å². The number of ether oxygens (including phenoxy) is 1. The summed E-state index contributed by atoms with van der Waals surface area (Å²) in [5.41, 5.74) is 7.11. The standard InChI is InChI=1S/C11H13F3.C11H14O3S.C11H14O2.C11H14O.C10H11FO.2C10H13F.2C9H11NO.9CH4/c1-8(2)7-9-3-5-10(6-4-9)11(12,13)14;1-8(2)11(12)9-6-4-5-7-10(9)15-14-13-3;1-8(2)11(12)9-6-4-5-7-10(9)13-3;1-8(2)11(12)10-7-5-4-6-9(10)3;1-7(2)10(12)8-5-3-4-6-9(8)11;1-8(2)7-9-3-5-10(11)6-4-9;1-8(2)7-9-5-3-4-6-10(9)11;1-7(2)9(11)8-4-3-5-10-6-8;1-7(2)9(11)8-5-3-4-6-10-8;;;;;;;;;/h3-6,8H,7H2,1-2H3;4-8H,1-3H3;4-8H,1-3H3;4-8H,1-3H3;3-7H,1-2H3;2*3-6,8H,7H2,1-2H3;2*3-7H,1-2H3;9*1H4. The number of aryl methyl sites for hydroxylation is 1. The zero-order chi connectivity index (χ0) is 83.2. The van der Waals surface area contributed by atoms with E-state index in [1.54, 1.807) is 112 Å². The normalized spacial score (nSPS) is 9.78. The highest BCUT2D eigenvalue weighted by molar-refractivity contribution is 7.94. The number of ketones is 6. The van der Waals surface area contributed by atoms with Crippen molar-refractivity contribution in [1.29, 1.82) is 0 Å². The third-order valence-corrected chi connectivity index (χ3v) is 16.1. The zero-order valence-electron chi connectivity index (χ0n) is 67.8. The number of aromatic nitrogens is 2. The number of carbonyl (C=O) groups excluding carboxylic acids is 6. The van der Waals surface area contributed by atoms with Crippen LogP contribution in [-0.2, 0) is 34.7 Å². The van der Waals surface area contributed by atoms with Crippen molar-refractivity contribution < 1.29 is 69.1 Å². The van der Waals surface area contributed by atoms with Crippen LogP contribution in [0.15, 0.2) is 224 Å². The quantitative estimate of drug-likeness (QED) is 0.0208. The Labute approximate surface area is 721 Å². The van der Waals surface area contributed by atoms with Gasteiger partial charge in [0.05, 0.1) is 43.0 Å². The Hall–Kier alpha value is -9.49. The molecule has 0 amide bonds. The van der Waals surface area contributed by atoms with E-state index in [2.05, 4.69) is 42.6 Å². The topological polar surface area (TPSA) is 156 Å². The van der Waals surface area contributed by atoms with Gasteiger partial charge in [-0.1, -0.05) is 307 Å². The van der Waals surface area contributed by atoms with Crippen LogP contribution in [0.1, 0.15) is 282 Å². The summed E-state index contributed by atoms with van der Waals surface area (Å²) in [4.78, 5) is 82.0. The monoisotopic (exact) mass is 1680 g/mol. The second kappa shape index (κ2) is 69.3. The van der Waals surface area contributed by atoms with Crippen LogP contribution in [0.2, 0.25) is 0 Å². The number of rotatable bonds is 22. The predicted molar refractivity (Wildman–Crippen MR) is 495 cm³/mol. The van der Waals surface area contributed by atoms with E-state index in [4.69, 9.17) is 9.07 Å². The number of Topliss-reactive ketones (excluding diaryl/α,β-unsaturated/α-hetero) is 6. The predicted octanol–water partition coefficient (Wildman–Crippen LogP) is 30.7. The second-order valence-corrected chi connectivity index (χ2v) is 29.3. The van der Waals surface area contributed by atoms with Crippen molar-refractivity contribution in [2.45, 2.75) is 229 Å². The lowest BCUT2D eigenvalue weighted by Crippen LogP contribution is -2.09. The maximum absolute atomic E-state index is 13.0. The Balaban J connectivity index is -0.000000162. The molecule has 2 heterocycles. The van der Waals surface area contributed by atoms with Crippen molar-refractivity contribution >= 4 is 46.7 Å². The summed E-state index contributed by atoms with van der Waals surface area (Å²) in [5, 5.41) is 0. The molecule has 18 heteroatoms. The second-order valence-electron chi connectivity index (χ2n) is 28.6. The van der Waals surface area contributed by atoms with Crippen molar-refractivity contribution in [1.82, 2.24) is 9.97 Å². The molecule has 0 spiro atoms. The highest BCUT2D eigenvalue weighted by Crippen LogP contribution is 2.30. The summed E-state index contributed by atoms with van der Waals surface area (Å²) < 4.78 is 84.8. The van der Waals surface area contributed by atoms with Crippen molar-refractivity contribution in [3.05, 3.63) is 298 Å². The minimum absolute atomic E-state index is 0. The molecule has 0 radical (unpaired) electrons. The first-order valence-electron chi connectivity index (χ1n) is 36.9. The molecular weight excluding hydrogens is 1530 g/mol. The van der Waals surface area contributed by atoms with E-state index in [0.29, 0.717) is 45.9 Å². The van der Waals surface area contributed by atoms with E-state index in [1.807, 2.05) is 175 Å². The van der Waals surface area contributed by atoms with Gasteiger partial charge < -0.3 is 4.74 Å². The Morgan fingerprint density at radius 1 is 0.378 bits per heavy atom. The largest absolute Gasteiger partial charge is 0.496 e. The van der Waals surface area contributed by atoms with Gasteiger partial charge in [-0.3, -0.25) is 38.7 Å². The fourth-order valence-corrected chi connectivity index (χ4v) is 10.1. The third-order valence-electron chi connectivity index (χ3n) is 15.3. The van der Waals surface area contributed by atoms with Crippen molar-refractivity contribution in [2.24, 2.45) is 53.3 Å². The van der Waals surface area contributed by atoms with Crippen LogP contribution in [-0.4, -0.2) is 58.9 Å². The molecule has 9 aromatic rings. The van der Waals surface area contributed by atoms with Crippen LogP contribution >= 0.6 is 12.0 Å². The van der Waals surface area contributed by atoms with Crippen molar-refractivity contribution in [3.63, 3.8) is 0 Å². The zero-order valence-corrected chi connectivity index (χ0v) is 68.7. The molecule has 0 saturated heterocycles. The smallest absolute Gasteiger partial charge is 0.416 e. The molecule has 0 saturated carbocycles. The Morgan fingerprint density at radius 3 is 1.17 bits per heavy atom. The first kappa shape index (κ1) is 128. The van der Waals surface area contributed by atoms with Gasteiger partial charge in [-0.25, -0.2) is 18.1 Å². The number of hydrogen-bond donors (Lipinski definition) is 0. The van der Waals surface area contributed by atoms with Crippen LogP contribution in [0.4, 0.5) is 26.3 Å². The number of halogens is 6. The van der Waals surface area contributed by atoms with Gasteiger partial charge in [-0.2, -0.15) is 17.5 Å². The van der Waals surface area contributed by atoms with Crippen LogP contribution < -0.4 is 4.74 Å². The number of para-hydroxylation sites is 1. The maximum Gasteiger partial charge on any atom is 0.416 e. The molecule has 2 aromatic heterocycles. The summed E-state index contributed by atoms with van der Waals surface area (Å²) in [7, 11) is 3.01. The molecule has 0 atom stereocenters. The molecule has 0 aliphatic rings. The van der Waals surface area contributed by atoms with Gasteiger partial charge in [0.1, 0.15) is 28.9 Å². The van der Waals surface area contributed by atoms with Gasteiger partial charge in [-0.15, -0.1) is 0 Å². The first-order valence-corrected chi connectivity index (χ1v) is 37.6. The summed E-state index contributed by atoms with van der Waals surface area (Å²) in [6.07, 6.45) is 3.34. The molecule has 0 N–H and O–H groups in total. The van der Waals surface area contributed by atoms with Crippen LogP contribution in [0, 0.1) is 77.6 Å². The minimum atomic E-state index is -4.23. The summed E-state index contributed by atoms with van der Waals surface area (Å²) >= 11 is 1.05. The molecule has 0 unspecified atom stereocenters. The third kappa shape index (κ3) is 52.2. The lowest BCUT2D eigenvalue weighted by molar-refractivity contribution is -0.160. The number of carbonyl (C=O) groups is 6. The number of benzene rings is 7. The highest BCUT2D eigenvalue weighted by Gasteiger charge is 2.30. The number of methoxy groups -OCH3 is 1. The Morgan fingerprint density at radius 2 is 0.765 bits per heavy atom. The summed E-state index contributed by atoms with van der Waals surface area (Å²) in [6.45, 7) is 36.9. The van der Waals surface area contributed by atoms with E-state index in [-0.39, 0.29) is 154 Å². The fourth-order valence-electron chi connectivity index (χ4n) is 9.56. The van der Waals surface area contributed by atoms with Gasteiger partial charge in [0, 0.05) is 75.7 Å². The molecule has 119 heavy (non-hydrogen) atoms. The molecule has 0 bridgehead atoms. The highest BCUT2D eigenvalue weighted by atomic mass is 32.2. The summed E-state index contributed by atoms with van der Waals surface area (Å²) in [6, 6.07) is 56.3. The van der Waals surface area contributed by atoms with Crippen LogP contribution in [0.3, 0.4) is 0 Å². The van der Waals surface area contributed by atoms with E-state index in [0.717, 1.165) is 70.6 Å². The minimum Gasteiger partial charge on any atom is -0.496 e. The average Bonchev–Trinajstić information content (AvgIpc) is 0.873. The van der Waals surface area contributed by atoms with E-state index in [1.165, 1.54) is 43.0 Å². The summed E-state index contributed by atoms with van der Waals surface area (Å²) in [5.74, 6) is 2.19. The lowest BCUT2D eigenvalue weighted by Gasteiger charge is -2.08. The molecule has 9 rings (SSSR count). The van der Waals surface area contributed by atoms with E-state index < -0.39 is 17.6 Å². The van der Waals surface area contributed by atoms with Crippen LogP contribution in [0.25, 0.3) is 0 Å². The average molecular weight is 1680 g/mol. The van der Waals surface area contributed by atoms with Gasteiger partial charge in [0.2, 0.25) is 0 Å². The Kier molecular flexibility index (Phi) is 74.4. The molecule has 0 fully saturated rings. The number of pyridine rings is 2. The van der Waals surface area contributed by atoms with Crippen LogP contribution in [0.5, 0.6) is 5.75 Å². The number of nitrogens with zero attached hydrogens (tertiary/aromatic N) is 2. The van der Waals surface area contributed by atoms with E-state index in [9.17, 15) is 55.1 Å². The maximum atomic E-state index is 13.0. The lowest BCUT2D eigenvalue weighted by atomic mass is 9.97. The molecule has 7 aromatic carbocycles. The molecule has 0 aliphatic heterocycles. The van der Waals surface area contributed by atoms with Crippen molar-refractivity contribution in [2.75, 3.05) is 14.2 Å². The molecule has 11 nitrogen and oxygen atoms in total.